The number of carboxylic acids is 1. The lowest BCUT2D eigenvalue weighted by Crippen LogP contribution is -2.50. The van der Waals surface area contributed by atoms with Crippen LogP contribution in [-0.2, 0) is 21.2 Å². The third-order valence-electron chi connectivity index (χ3n) is 6.31. The van der Waals surface area contributed by atoms with Gasteiger partial charge in [-0.25, -0.2) is 13.2 Å². The van der Waals surface area contributed by atoms with E-state index in [2.05, 4.69) is 10.3 Å². The largest absolute Gasteiger partial charge is 0.496 e. The van der Waals surface area contributed by atoms with E-state index in [0.717, 1.165) is 16.7 Å². The first-order valence-electron chi connectivity index (χ1n) is 11.9. The Hall–Kier alpha value is -3.31. The van der Waals surface area contributed by atoms with E-state index in [1.807, 2.05) is 42.5 Å². The van der Waals surface area contributed by atoms with E-state index in [-0.39, 0.29) is 27.9 Å². The van der Waals surface area contributed by atoms with Crippen LogP contribution in [0.15, 0.2) is 70.6 Å². The lowest BCUT2D eigenvalue weighted by Gasteiger charge is -2.36. The van der Waals surface area contributed by atoms with Gasteiger partial charge in [0.25, 0.3) is 0 Å². The standard InChI is InChI=1S/C27H27Cl2N3O6S/c1-37-23-4-3-5-24(38-2)26(23)18-8-6-17(7-9-18)12-22(27(33)34)30-16-31-25-10-11-32(25)39(35,36)21-14-19(28)13-20(29)15-21/h3-9,13-16,22,25H,10-12H2,1-2H3,(H,30,31)(H,33,34)/t22-,25?/m0/s1. The summed E-state index contributed by atoms with van der Waals surface area (Å²) in [7, 11) is -0.689. The van der Waals surface area contributed by atoms with Gasteiger partial charge in [-0.15, -0.1) is 0 Å². The van der Waals surface area contributed by atoms with Crippen molar-refractivity contribution in [3.05, 3.63) is 76.3 Å². The molecule has 1 heterocycles. The number of nitrogens with zero attached hydrogens (tertiary/aromatic N) is 2. The van der Waals surface area contributed by atoms with Crippen molar-refractivity contribution in [3.63, 3.8) is 0 Å². The van der Waals surface area contributed by atoms with E-state index in [1.165, 1.54) is 28.8 Å². The van der Waals surface area contributed by atoms with E-state index in [0.29, 0.717) is 17.9 Å². The third kappa shape index (κ3) is 6.47. The van der Waals surface area contributed by atoms with Crippen molar-refractivity contribution in [1.29, 1.82) is 0 Å². The van der Waals surface area contributed by atoms with Crippen LogP contribution in [0.3, 0.4) is 0 Å². The van der Waals surface area contributed by atoms with Crippen molar-refractivity contribution in [1.82, 2.24) is 9.62 Å². The van der Waals surface area contributed by atoms with Gasteiger partial charge in [0, 0.05) is 23.0 Å². The van der Waals surface area contributed by atoms with Gasteiger partial charge in [-0.3, -0.25) is 4.99 Å². The highest BCUT2D eigenvalue weighted by molar-refractivity contribution is 7.89. The number of carbonyl (C=O) groups is 1. The molecule has 1 fully saturated rings. The normalized spacial score (nSPS) is 16.5. The molecule has 1 saturated heterocycles. The maximum atomic E-state index is 13.0. The second-order valence-corrected chi connectivity index (χ2v) is 11.5. The molecule has 12 heteroatoms. The molecule has 1 aliphatic heterocycles. The zero-order valence-electron chi connectivity index (χ0n) is 21.2. The number of hydrogen-bond donors (Lipinski definition) is 2. The molecule has 3 aromatic rings. The lowest BCUT2D eigenvalue weighted by molar-refractivity contribution is -0.139. The monoisotopic (exact) mass is 591 g/mol. The molecule has 0 spiro atoms. The lowest BCUT2D eigenvalue weighted by atomic mass is 9.99. The van der Waals surface area contributed by atoms with Crippen LogP contribution in [0.4, 0.5) is 0 Å². The number of ether oxygens (including phenoxy) is 2. The molecule has 0 aromatic heterocycles. The number of nitrogens with one attached hydrogen (secondary N) is 1. The topological polar surface area (TPSA) is 118 Å². The fourth-order valence-corrected chi connectivity index (χ4v) is 6.51. The molecule has 39 heavy (non-hydrogen) atoms. The Labute approximate surface area is 237 Å². The first kappa shape index (κ1) is 28.7. The molecular formula is C27H27Cl2N3O6S. The number of aliphatic carboxylic acids is 1. The van der Waals surface area contributed by atoms with E-state index < -0.39 is 28.2 Å². The number of benzene rings is 3. The van der Waals surface area contributed by atoms with E-state index >= 15 is 0 Å². The van der Waals surface area contributed by atoms with E-state index in [1.54, 1.807) is 14.2 Å². The van der Waals surface area contributed by atoms with Gasteiger partial charge in [0.15, 0.2) is 0 Å². The first-order valence-corrected chi connectivity index (χ1v) is 14.1. The van der Waals surface area contributed by atoms with Gasteiger partial charge in [0.2, 0.25) is 10.0 Å². The number of carboxylic acid groups (broad SMARTS) is 1. The molecule has 1 unspecified atom stereocenters. The zero-order valence-corrected chi connectivity index (χ0v) is 23.5. The highest BCUT2D eigenvalue weighted by atomic mass is 35.5. The number of hydrogen-bond acceptors (Lipinski definition) is 6. The van der Waals surface area contributed by atoms with Gasteiger partial charge >= 0.3 is 5.97 Å². The summed E-state index contributed by atoms with van der Waals surface area (Å²) in [5, 5.41) is 12.9. The third-order valence-corrected chi connectivity index (χ3v) is 8.62. The molecule has 2 N–H and O–H groups in total. The van der Waals surface area contributed by atoms with Crippen LogP contribution < -0.4 is 14.8 Å². The summed E-state index contributed by atoms with van der Waals surface area (Å²) in [6.07, 6.45) is 1.27. The molecule has 0 saturated carbocycles. The Morgan fingerprint density at radius 3 is 2.23 bits per heavy atom. The molecule has 0 radical (unpaired) electrons. The Kier molecular flexibility index (Phi) is 9.01. The van der Waals surface area contributed by atoms with Crippen molar-refractivity contribution < 1.29 is 27.8 Å². The van der Waals surface area contributed by atoms with Crippen LogP contribution in [0, 0.1) is 0 Å². The second-order valence-electron chi connectivity index (χ2n) is 8.76. The van der Waals surface area contributed by atoms with Gasteiger partial charge in [-0.05, 0) is 47.9 Å². The smallest absolute Gasteiger partial charge is 0.326 e. The maximum absolute atomic E-state index is 13.0. The molecule has 0 aliphatic carbocycles. The number of aliphatic imine (C=N–C) groups is 1. The van der Waals surface area contributed by atoms with Crippen LogP contribution in [-0.4, -0.2) is 63.1 Å². The number of sulfonamides is 1. The Balaban J connectivity index is 1.43. The van der Waals surface area contributed by atoms with Gasteiger partial charge < -0.3 is 19.9 Å². The average Bonchev–Trinajstić information content (AvgIpc) is 2.88. The van der Waals surface area contributed by atoms with Gasteiger partial charge in [0.1, 0.15) is 23.7 Å². The Bertz CT molecular complexity index is 1440. The van der Waals surface area contributed by atoms with Crippen molar-refractivity contribution in [2.45, 2.75) is 29.9 Å². The summed E-state index contributed by atoms with van der Waals surface area (Å²) in [6.45, 7) is 0.278. The second kappa shape index (κ2) is 12.3. The van der Waals surface area contributed by atoms with Crippen molar-refractivity contribution >= 4 is 45.5 Å². The number of halogens is 2. The molecule has 3 aromatic carbocycles. The molecule has 1 aliphatic rings. The Morgan fingerprint density at radius 1 is 1.10 bits per heavy atom. The fraction of sp³-hybridized carbons (Fsp3) is 0.259. The maximum Gasteiger partial charge on any atom is 0.326 e. The average molecular weight is 593 g/mol. The number of rotatable bonds is 11. The van der Waals surface area contributed by atoms with Crippen LogP contribution in [0.5, 0.6) is 11.5 Å². The summed E-state index contributed by atoms with van der Waals surface area (Å²) in [5.41, 5.74) is 2.45. The quantitative estimate of drug-likeness (QED) is 0.245. The predicted octanol–water partition coefficient (Wildman–Crippen LogP) is 4.71. The molecule has 4 rings (SSSR count). The summed E-state index contributed by atoms with van der Waals surface area (Å²) >= 11 is 11.9. The SMILES string of the molecule is COc1cccc(OC)c1-c1ccc(C[C@H](N/C=N/C2CCN2S(=O)(=O)c2cc(Cl)cc(Cl)c2)C(=O)O)cc1. The van der Waals surface area contributed by atoms with Gasteiger partial charge in [-0.1, -0.05) is 53.5 Å². The summed E-state index contributed by atoms with van der Waals surface area (Å²) in [5.74, 6) is 0.256. The first-order chi connectivity index (χ1) is 18.6. The molecule has 0 amide bonds. The van der Waals surface area contributed by atoms with Crippen LogP contribution in [0.1, 0.15) is 12.0 Å². The molecular weight excluding hydrogens is 565 g/mol. The van der Waals surface area contributed by atoms with Gasteiger partial charge in [0.05, 0.1) is 31.0 Å². The summed E-state index contributed by atoms with van der Waals surface area (Å²) in [6, 6.07) is 16.1. The highest BCUT2D eigenvalue weighted by Crippen LogP contribution is 2.38. The fourth-order valence-electron chi connectivity index (χ4n) is 4.21. The zero-order chi connectivity index (χ0) is 28.2. The minimum absolute atomic E-state index is 0.0227. The van der Waals surface area contributed by atoms with Crippen LogP contribution in [0.25, 0.3) is 11.1 Å². The van der Waals surface area contributed by atoms with Crippen LogP contribution >= 0.6 is 23.2 Å². The van der Waals surface area contributed by atoms with E-state index in [4.69, 9.17) is 32.7 Å². The van der Waals surface area contributed by atoms with Gasteiger partial charge in [-0.2, -0.15) is 4.31 Å². The minimum Gasteiger partial charge on any atom is -0.496 e. The van der Waals surface area contributed by atoms with Crippen molar-refractivity contribution in [3.8, 4) is 22.6 Å². The summed E-state index contributed by atoms with van der Waals surface area (Å²) < 4.78 is 38.1. The molecule has 0 bridgehead atoms. The van der Waals surface area contributed by atoms with Crippen LogP contribution in [0.2, 0.25) is 10.0 Å². The van der Waals surface area contributed by atoms with Crippen molar-refractivity contribution in [2.24, 2.45) is 4.99 Å². The van der Waals surface area contributed by atoms with E-state index in [9.17, 15) is 18.3 Å². The Morgan fingerprint density at radius 2 is 1.72 bits per heavy atom. The minimum atomic E-state index is -3.86. The highest BCUT2D eigenvalue weighted by Gasteiger charge is 2.38. The molecule has 2 atom stereocenters. The summed E-state index contributed by atoms with van der Waals surface area (Å²) in [4.78, 5) is 16.1. The molecule has 206 valence electrons. The van der Waals surface area contributed by atoms with Crippen molar-refractivity contribution in [2.75, 3.05) is 20.8 Å². The molecule has 9 nitrogen and oxygen atoms in total. The number of methoxy groups -OCH3 is 2. The predicted molar refractivity (Wildman–Crippen MR) is 150 cm³/mol.